The van der Waals surface area contributed by atoms with Crippen molar-refractivity contribution in [1.29, 1.82) is 0 Å². The van der Waals surface area contributed by atoms with Gasteiger partial charge in [-0.15, -0.1) is 0 Å². The van der Waals surface area contributed by atoms with Gasteiger partial charge in [-0.25, -0.2) is 4.98 Å². The van der Waals surface area contributed by atoms with Crippen LogP contribution in [0, 0.1) is 0 Å². The molecule has 5 nitrogen and oxygen atoms in total. The number of methoxy groups -OCH3 is 1. The van der Waals surface area contributed by atoms with Crippen LogP contribution in [0.15, 0.2) is 24.3 Å². The van der Waals surface area contributed by atoms with Gasteiger partial charge in [-0.05, 0) is 43.9 Å². The van der Waals surface area contributed by atoms with Gasteiger partial charge in [0.25, 0.3) is 0 Å². The van der Waals surface area contributed by atoms with E-state index in [9.17, 15) is 0 Å². The van der Waals surface area contributed by atoms with Crippen molar-refractivity contribution in [2.45, 2.75) is 50.5 Å². The maximum atomic E-state index is 6.14. The molecule has 0 amide bonds. The van der Waals surface area contributed by atoms with Crippen LogP contribution in [0.3, 0.4) is 0 Å². The zero-order valence-electron chi connectivity index (χ0n) is 14.4. The molecule has 2 N–H and O–H groups in total. The zero-order valence-corrected chi connectivity index (χ0v) is 15.1. The van der Waals surface area contributed by atoms with Crippen molar-refractivity contribution in [1.82, 2.24) is 9.97 Å². The number of nitrogens with one attached hydrogen (secondary N) is 2. The van der Waals surface area contributed by atoms with Gasteiger partial charge in [0.05, 0.1) is 18.5 Å². The first-order valence-corrected chi connectivity index (χ1v) is 9.35. The number of ether oxygens (including phenoxy) is 1. The molecule has 2 fully saturated rings. The molecule has 2 aromatic rings. The van der Waals surface area contributed by atoms with Crippen LogP contribution in [0.4, 0.5) is 17.5 Å². The molecular formula is C19H23ClN4O. The molecule has 0 spiro atoms. The first kappa shape index (κ1) is 16.5. The van der Waals surface area contributed by atoms with Gasteiger partial charge < -0.3 is 15.4 Å². The predicted molar refractivity (Wildman–Crippen MR) is 101 cm³/mol. The second-order valence-corrected chi connectivity index (χ2v) is 7.31. The van der Waals surface area contributed by atoms with Crippen molar-refractivity contribution in [3.8, 4) is 5.75 Å². The molecule has 4 rings (SSSR count). The lowest BCUT2D eigenvalue weighted by Gasteiger charge is -2.16. The molecule has 6 heteroatoms. The topological polar surface area (TPSA) is 59.1 Å². The van der Waals surface area contributed by atoms with Crippen LogP contribution in [0.1, 0.15) is 50.1 Å². The van der Waals surface area contributed by atoms with Gasteiger partial charge in [0.2, 0.25) is 5.95 Å². The van der Waals surface area contributed by atoms with Crippen molar-refractivity contribution in [3.63, 3.8) is 0 Å². The SMILES string of the molecule is COc1ccc(Cl)cc1Nc1cc(C2CC2)nc(NC2CCCC2)n1. The number of nitrogens with zero attached hydrogens (tertiary/aromatic N) is 2. The highest BCUT2D eigenvalue weighted by Gasteiger charge is 2.27. The molecule has 0 atom stereocenters. The molecule has 2 aliphatic rings. The minimum atomic E-state index is 0.489. The number of rotatable bonds is 6. The van der Waals surface area contributed by atoms with E-state index in [1.54, 1.807) is 7.11 Å². The maximum absolute atomic E-state index is 6.14. The Balaban J connectivity index is 1.61. The monoisotopic (exact) mass is 358 g/mol. The second kappa shape index (κ2) is 7.08. The number of hydrogen-bond donors (Lipinski definition) is 2. The van der Waals surface area contributed by atoms with Crippen LogP contribution in [0.25, 0.3) is 0 Å². The highest BCUT2D eigenvalue weighted by Crippen LogP contribution is 2.40. The average molecular weight is 359 g/mol. The molecule has 0 radical (unpaired) electrons. The summed E-state index contributed by atoms with van der Waals surface area (Å²) in [5.74, 6) is 2.80. The lowest BCUT2D eigenvalue weighted by atomic mass is 10.2. The number of hydrogen-bond acceptors (Lipinski definition) is 5. The van der Waals surface area contributed by atoms with E-state index in [0.717, 1.165) is 28.9 Å². The van der Waals surface area contributed by atoms with E-state index < -0.39 is 0 Å². The molecule has 1 heterocycles. The number of halogens is 1. The largest absolute Gasteiger partial charge is 0.495 e. The van der Waals surface area contributed by atoms with Crippen LogP contribution in [0.5, 0.6) is 5.75 Å². The molecule has 1 aromatic carbocycles. The number of anilines is 3. The summed E-state index contributed by atoms with van der Waals surface area (Å²) in [6, 6.07) is 8.05. The van der Waals surface area contributed by atoms with E-state index in [2.05, 4.69) is 15.6 Å². The summed E-state index contributed by atoms with van der Waals surface area (Å²) in [7, 11) is 1.65. The Bertz CT molecular complexity index is 757. The highest BCUT2D eigenvalue weighted by molar-refractivity contribution is 6.31. The van der Waals surface area contributed by atoms with E-state index in [1.807, 2.05) is 24.3 Å². The average Bonchev–Trinajstić information content (AvgIpc) is 3.33. The van der Waals surface area contributed by atoms with Crippen LogP contribution < -0.4 is 15.4 Å². The van der Waals surface area contributed by atoms with Crippen LogP contribution in [-0.2, 0) is 0 Å². The van der Waals surface area contributed by atoms with E-state index in [0.29, 0.717) is 17.0 Å². The summed E-state index contributed by atoms with van der Waals surface area (Å²) < 4.78 is 5.42. The summed E-state index contributed by atoms with van der Waals surface area (Å²) in [5.41, 5.74) is 1.92. The van der Waals surface area contributed by atoms with E-state index in [-0.39, 0.29) is 0 Å². The Morgan fingerprint density at radius 2 is 1.88 bits per heavy atom. The van der Waals surface area contributed by atoms with Crippen LogP contribution in [-0.4, -0.2) is 23.1 Å². The van der Waals surface area contributed by atoms with E-state index in [4.69, 9.17) is 21.3 Å². The summed E-state index contributed by atoms with van der Waals surface area (Å²) in [4.78, 5) is 9.42. The van der Waals surface area contributed by atoms with Crippen LogP contribution >= 0.6 is 11.6 Å². The molecule has 132 valence electrons. The predicted octanol–water partition coefficient (Wildman–Crippen LogP) is 5.11. The second-order valence-electron chi connectivity index (χ2n) is 6.87. The smallest absolute Gasteiger partial charge is 0.225 e. The number of aromatic nitrogens is 2. The quantitative estimate of drug-likeness (QED) is 0.751. The third kappa shape index (κ3) is 3.98. The van der Waals surface area contributed by atoms with Gasteiger partial charge in [-0.2, -0.15) is 4.98 Å². The van der Waals surface area contributed by atoms with Gasteiger partial charge in [-0.1, -0.05) is 24.4 Å². The van der Waals surface area contributed by atoms with Crippen molar-refractivity contribution in [2.24, 2.45) is 0 Å². The minimum absolute atomic E-state index is 0.489. The molecule has 2 aliphatic carbocycles. The maximum Gasteiger partial charge on any atom is 0.225 e. The summed E-state index contributed by atoms with van der Waals surface area (Å²) in [5, 5.41) is 7.52. The van der Waals surface area contributed by atoms with E-state index >= 15 is 0 Å². The summed E-state index contributed by atoms with van der Waals surface area (Å²) in [6.07, 6.45) is 7.37. The Hall–Kier alpha value is -2.01. The van der Waals surface area contributed by atoms with Crippen molar-refractivity contribution in [3.05, 3.63) is 35.0 Å². The molecule has 25 heavy (non-hydrogen) atoms. The molecular weight excluding hydrogens is 336 g/mol. The Kier molecular flexibility index (Phi) is 4.66. The normalized spacial score (nSPS) is 17.5. The van der Waals surface area contributed by atoms with Gasteiger partial charge in [-0.3, -0.25) is 0 Å². The summed E-state index contributed by atoms with van der Waals surface area (Å²) in [6.45, 7) is 0. The fraction of sp³-hybridized carbons (Fsp3) is 0.474. The Labute approximate surface area is 153 Å². The Morgan fingerprint density at radius 1 is 1.08 bits per heavy atom. The first-order valence-electron chi connectivity index (χ1n) is 8.97. The highest BCUT2D eigenvalue weighted by atomic mass is 35.5. The minimum Gasteiger partial charge on any atom is -0.495 e. The van der Waals surface area contributed by atoms with Crippen molar-refractivity contribution < 1.29 is 4.74 Å². The molecule has 0 unspecified atom stereocenters. The first-order chi connectivity index (χ1) is 12.2. The molecule has 0 saturated heterocycles. The Morgan fingerprint density at radius 3 is 2.60 bits per heavy atom. The van der Waals surface area contributed by atoms with Crippen LogP contribution in [0.2, 0.25) is 5.02 Å². The molecule has 0 aliphatic heterocycles. The fourth-order valence-corrected chi connectivity index (χ4v) is 3.52. The van der Waals surface area contributed by atoms with Gasteiger partial charge in [0.15, 0.2) is 0 Å². The summed E-state index contributed by atoms with van der Waals surface area (Å²) >= 11 is 6.14. The molecule has 0 bridgehead atoms. The standard InChI is InChI=1S/C19H23ClN4O/c1-25-17-9-8-13(20)10-16(17)22-18-11-15(12-6-7-12)23-19(24-18)21-14-4-2-3-5-14/h8-12,14H,2-7H2,1H3,(H2,21,22,23,24). The lowest BCUT2D eigenvalue weighted by molar-refractivity contribution is 0.417. The van der Waals surface area contributed by atoms with Gasteiger partial charge in [0, 0.05) is 23.0 Å². The third-order valence-electron chi connectivity index (χ3n) is 4.85. The van der Waals surface area contributed by atoms with Crippen molar-refractivity contribution >= 4 is 29.1 Å². The van der Waals surface area contributed by atoms with Crippen molar-refractivity contribution in [2.75, 3.05) is 17.7 Å². The lowest BCUT2D eigenvalue weighted by Crippen LogP contribution is -2.17. The van der Waals surface area contributed by atoms with Gasteiger partial charge in [0.1, 0.15) is 11.6 Å². The molecule has 2 saturated carbocycles. The number of benzene rings is 1. The van der Waals surface area contributed by atoms with Gasteiger partial charge >= 0.3 is 0 Å². The zero-order chi connectivity index (χ0) is 17.2. The van der Waals surface area contributed by atoms with E-state index in [1.165, 1.54) is 38.5 Å². The molecule has 1 aromatic heterocycles. The third-order valence-corrected chi connectivity index (χ3v) is 5.09. The fourth-order valence-electron chi connectivity index (χ4n) is 3.35.